The second-order valence-electron chi connectivity index (χ2n) is 5.83. The van der Waals surface area contributed by atoms with Crippen LogP contribution in [0.25, 0.3) is 10.9 Å². The van der Waals surface area contributed by atoms with Crippen molar-refractivity contribution in [2.75, 3.05) is 13.2 Å². The number of hydrogen-bond acceptors (Lipinski definition) is 3. The third-order valence-corrected chi connectivity index (χ3v) is 3.73. The summed E-state index contributed by atoms with van der Waals surface area (Å²) < 4.78 is 0. The van der Waals surface area contributed by atoms with Gasteiger partial charge in [0.2, 0.25) is 0 Å². The zero-order chi connectivity index (χ0) is 15.5. The average Bonchev–Trinajstić information content (AvgIpc) is 2.45. The molecule has 0 aliphatic heterocycles. The minimum absolute atomic E-state index is 0.100. The molecule has 21 heavy (non-hydrogen) atoms. The third kappa shape index (κ3) is 3.93. The second kappa shape index (κ2) is 6.41. The summed E-state index contributed by atoms with van der Waals surface area (Å²) >= 11 is 6.19. The van der Waals surface area contributed by atoms with E-state index in [-0.39, 0.29) is 17.9 Å². The van der Waals surface area contributed by atoms with Gasteiger partial charge < -0.3 is 10.4 Å². The Morgan fingerprint density at radius 2 is 2.10 bits per heavy atom. The lowest BCUT2D eigenvalue weighted by Gasteiger charge is -2.23. The van der Waals surface area contributed by atoms with Crippen molar-refractivity contribution in [1.82, 2.24) is 10.3 Å². The molecule has 4 nitrogen and oxygen atoms in total. The number of fused-ring (bicyclic) bond motifs is 1. The zero-order valence-corrected chi connectivity index (χ0v) is 12.9. The lowest BCUT2D eigenvalue weighted by molar-refractivity contribution is 0.0923. The van der Waals surface area contributed by atoms with Crippen LogP contribution in [-0.2, 0) is 0 Å². The van der Waals surface area contributed by atoms with E-state index in [1.807, 2.05) is 38.1 Å². The molecule has 1 aromatic carbocycles. The molecule has 1 heterocycles. The summed E-state index contributed by atoms with van der Waals surface area (Å²) in [7, 11) is 0. The summed E-state index contributed by atoms with van der Waals surface area (Å²) in [6.07, 6.45) is 0.624. The largest absolute Gasteiger partial charge is 0.396 e. The van der Waals surface area contributed by atoms with Gasteiger partial charge in [0.1, 0.15) is 5.69 Å². The highest BCUT2D eigenvalue weighted by Gasteiger charge is 2.19. The first-order valence-electron chi connectivity index (χ1n) is 6.87. The number of nitrogens with zero attached hydrogens (tertiary/aromatic N) is 1. The number of aliphatic hydroxyl groups excluding tert-OH is 1. The van der Waals surface area contributed by atoms with Gasteiger partial charge in [0.15, 0.2) is 0 Å². The van der Waals surface area contributed by atoms with E-state index < -0.39 is 0 Å². The third-order valence-electron chi connectivity index (χ3n) is 3.41. The number of benzene rings is 1. The van der Waals surface area contributed by atoms with Crippen LogP contribution >= 0.6 is 11.6 Å². The van der Waals surface area contributed by atoms with Crippen molar-refractivity contribution >= 4 is 28.4 Å². The monoisotopic (exact) mass is 306 g/mol. The number of halogens is 1. The van der Waals surface area contributed by atoms with Gasteiger partial charge in [-0.3, -0.25) is 4.79 Å². The minimum atomic E-state index is -0.256. The maximum atomic E-state index is 12.2. The first kappa shape index (κ1) is 15.7. The lowest BCUT2D eigenvalue weighted by atomic mass is 9.90. The molecule has 0 aliphatic rings. The van der Waals surface area contributed by atoms with Crippen molar-refractivity contribution in [2.45, 2.75) is 20.3 Å². The quantitative estimate of drug-likeness (QED) is 0.892. The van der Waals surface area contributed by atoms with Gasteiger partial charge in [0.05, 0.1) is 10.5 Å². The minimum Gasteiger partial charge on any atom is -0.396 e. The van der Waals surface area contributed by atoms with Crippen LogP contribution in [0.4, 0.5) is 0 Å². The van der Waals surface area contributed by atoms with Gasteiger partial charge in [-0.15, -0.1) is 0 Å². The van der Waals surface area contributed by atoms with E-state index in [1.165, 1.54) is 0 Å². The highest BCUT2D eigenvalue weighted by Crippen LogP contribution is 2.23. The van der Waals surface area contributed by atoms with Gasteiger partial charge in [-0.25, -0.2) is 4.98 Å². The maximum absolute atomic E-state index is 12.2. The van der Waals surface area contributed by atoms with Crippen molar-refractivity contribution in [1.29, 1.82) is 0 Å². The Morgan fingerprint density at radius 1 is 1.38 bits per heavy atom. The van der Waals surface area contributed by atoms with E-state index in [9.17, 15) is 4.79 Å². The Bertz CT molecular complexity index is 656. The molecular formula is C16H19ClN2O2. The van der Waals surface area contributed by atoms with Gasteiger partial charge in [-0.2, -0.15) is 0 Å². The molecule has 2 N–H and O–H groups in total. The van der Waals surface area contributed by atoms with E-state index in [4.69, 9.17) is 16.7 Å². The number of para-hydroxylation sites is 1. The smallest absolute Gasteiger partial charge is 0.269 e. The molecule has 0 saturated carbocycles. The first-order valence-corrected chi connectivity index (χ1v) is 7.25. The van der Waals surface area contributed by atoms with E-state index in [0.717, 1.165) is 5.39 Å². The number of carbonyl (C=O) groups excluding carboxylic acids is 1. The zero-order valence-electron chi connectivity index (χ0n) is 12.2. The van der Waals surface area contributed by atoms with Gasteiger partial charge in [0, 0.05) is 18.5 Å². The summed E-state index contributed by atoms with van der Waals surface area (Å²) in [5.74, 6) is -0.256. The highest BCUT2D eigenvalue weighted by atomic mass is 35.5. The van der Waals surface area contributed by atoms with Gasteiger partial charge in [0.25, 0.3) is 5.91 Å². The SMILES string of the molecule is CC(C)(CCO)CNC(=O)c1cc(Cl)c2ccccc2n1. The van der Waals surface area contributed by atoms with Crippen molar-refractivity contribution in [3.05, 3.63) is 41.0 Å². The molecule has 5 heteroatoms. The first-order chi connectivity index (χ1) is 9.93. The molecule has 0 atom stereocenters. The van der Waals surface area contributed by atoms with Gasteiger partial charge in [-0.05, 0) is 24.0 Å². The molecule has 0 radical (unpaired) electrons. The second-order valence-corrected chi connectivity index (χ2v) is 6.23. The lowest BCUT2D eigenvalue weighted by Crippen LogP contribution is -2.35. The van der Waals surface area contributed by atoms with Crippen LogP contribution in [0.5, 0.6) is 0 Å². The van der Waals surface area contributed by atoms with Gasteiger partial charge >= 0.3 is 0 Å². The van der Waals surface area contributed by atoms with Gasteiger partial charge in [-0.1, -0.05) is 43.6 Å². The van der Waals surface area contributed by atoms with Crippen LogP contribution in [0.3, 0.4) is 0 Å². The molecule has 0 saturated heterocycles. The van der Waals surface area contributed by atoms with Crippen LogP contribution in [0.2, 0.25) is 5.02 Å². The van der Waals surface area contributed by atoms with Crippen LogP contribution < -0.4 is 5.32 Å². The average molecular weight is 307 g/mol. The van der Waals surface area contributed by atoms with Crippen molar-refractivity contribution in [3.8, 4) is 0 Å². The van der Waals surface area contributed by atoms with E-state index in [0.29, 0.717) is 29.2 Å². The van der Waals surface area contributed by atoms with Crippen molar-refractivity contribution in [2.24, 2.45) is 5.41 Å². The fourth-order valence-electron chi connectivity index (χ4n) is 2.05. The van der Waals surface area contributed by atoms with E-state index in [2.05, 4.69) is 10.3 Å². The van der Waals surface area contributed by atoms with Crippen molar-refractivity contribution in [3.63, 3.8) is 0 Å². The van der Waals surface area contributed by atoms with E-state index >= 15 is 0 Å². The molecule has 1 aromatic heterocycles. The summed E-state index contributed by atoms with van der Waals surface area (Å²) in [4.78, 5) is 16.5. The Labute approximate surface area is 129 Å². The summed E-state index contributed by atoms with van der Waals surface area (Å²) in [6.45, 7) is 4.55. The fraction of sp³-hybridized carbons (Fsp3) is 0.375. The van der Waals surface area contributed by atoms with Crippen molar-refractivity contribution < 1.29 is 9.90 Å². The van der Waals surface area contributed by atoms with Crippen LogP contribution in [0.1, 0.15) is 30.8 Å². The normalized spacial score (nSPS) is 11.6. The molecule has 0 bridgehead atoms. The number of amides is 1. The Balaban J connectivity index is 2.16. The number of nitrogens with one attached hydrogen (secondary N) is 1. The van der Waals surface area contributed by atoms with Crippen LogP contribution in [0, 0.1) is 5.41 Å². The molecule has 0 unspecified atom stereocenters. The molecule has 0 spiro atoms. The molecule has 0 fully saturated rings. The topological polar surface area (TPSA) is 62.2 Å². The molecule has 112 valence electrons. The number of rotatable bonds is 5. The Kier molecular flexibility index (Phi) is 4.80. The standard InChI is InChI=1S/C16H19ClN2O2/c1-16(2,7-8-20)10-18-15(21)14-9-12(17)11-5-3-4-6-13(11)19-14/h3-6,9,20H,7-8,10H2,1-2H3,(H,18,21). The molecular weight excluding hydrogens is 288 g/mol. The number of aliphatic hydroxyl groups is 1. The van der Waals surface area contributed by atoms with Crippen LogP contribution in [-0.4, -0.2) is 29.1 Å². The van der Waals surface area contributed by atoms with Crippen LogP contribution in [0.15, 0.2) is 30.3 Å². The Hall–Kier alpha value is -1.65. The number of carbonyl (C=O) groups is 1. The predicted molar refractivity (Wildman–Crippen MR) is 84.6 cm³/mol. The van der Waals surface area contributed by atoms with E-state index in [1.54, 1.807) is 6.07 Å². The summed E-state index contributed by atoms with van der Waals surface area (Å²) in [5.41, 5.74) is 0.841. The summed E-state index contributed by atoms with van der Waals surface area (Å²) in [5, 5.41) is 13.2. The predicted octanol–water partition coefficient (Wildman–Crippen LogP) is 3.03. The maximum Gasteiger partial charge on any atom is 0.269 e. The molecule has 2 rings (SSSR count). The molecule has 0 aliphatic carbocycles. The highest BCUT2D eigenvalue weighted by molar-refractivity contribution is 6.35. The number of hydrogen-bond donors (Lipinski definition) is 2. The number of aromatic nitrogens is 1. The molecule has 1 amide bonds. The fourth-order valence-corrected chi connectivity index (χ4v) is 2.31. The molecule has 2 aromatic rings. The summed E-state index contributed by atoms with van der Waals surface area (Å²) in [6, 6.07) is 9.02. The number of pyridine rings is 1. The Morgan fingerprint density at radius 3 is 2.81 bits per heavy atom.